The second kappa shape index (κ2) is 5.54. The fraction of sp³-hybridized carbons (Fsp3) is 0.214. The first kappa shape index (κ1) is 15.6. The van der Waals surface area contributed by atoms with Crippen LogP contribution in [-0.2, 0) is 10.0 Å². The molecule has 0 fully saturated rings. The van der Waals surface area contributed by atoms with Crippen molar-refractivity contribution >= 4 is 33.0 Å². The number of rotatable bonds is 3. The van der Waals surface area contributed by atoms with E-state index in [0.29, 0.717) is 16.8 Å². The Morgan fingerprint density at radius 2 is 1.90 bits per heavy atom. The molecule has 0 aliphatic heterocycles. The van der Waals surface area contributed by atoms with Crippen LogP contribution in [-0.4, -0.2) is 13.4 Å². The highest BCUT2D eigenvalue weighted by Crippen LogP contribution is 2.29. The lowest BCUT2D eigenvalue weighted by Crippen LogP contribution is -2.16. The smallest absolute Gasteiger partial charge is 0.262 e. The van der Waals surface area contributed by atoms with Crippen LogP contribution < -0.4 is 10.5 Å². The van der Waals surface area contributed by atoms with Crippen LogP contribution in [0.3, 0.4) is 0 Å². The molecule has 1 heterocycles. The molecule has 0 atom stereocenters. The van der Waals surface area contributed by atoms with Gasteiger partial charge in [0.25, 0.3) is 10.0 Å². The molecule has 0 bridgehead atoms. The summed E-state index contributed by atoms with van der Waals surface area (Å²) < 4.78 is 27.6. The minimum Gasteiger partial charge on any atom is -0.398 e. The Balaban J connectivity index is 2.54. The number of anilines is 2. The number of benzene rings is 1. The molecule has 3 N–H and O–H groups in total. The first-order valence-electron chi connectivity index (χ1n) is 6.23. The minimum atomic E-state index is -3.79. The molecule has 0 unspecified atom stereocenters. The van der Waals surface area contributed by atoms with Crippen LogP contribution >= 0.6 is 11.6 Å². The van der Waals surface area contributed by atoms with Crippen LogP contribution in [0.2, 0.25) is 5.15 Å². The number of pyridine rings is 1. The predicted molar refractivity (Wildman–Crippen MR) is 85.1 cm³/mol. The first-order valence-corrected chi connectivity index (χ1v) is 8.09. The Kier molecular flexibility index (Phi) is 4.11. The quantitative estimate of drug-likeness (QED) is 0.671. The number of hydrogen-bond acceptors (Lipinski definition) is 4. The third-order valence-electron chi connectivity index (χ3n) is 3.18. The molecular formula is C14H16ClN3O2S. The number of nitrogens with two attached hydrogens (primary N) is 1. The number of sulfonamides is 1. The molecule has 1 aromatic carbocycles. The van der Waals surface area contributed by atoms with Gasteiger partial charge in [0.05, 0.1) is 10.6 Å². The normalized spacial score (nSPS) is 11.4. The third kappa shape index (κ3) is 3.11. The molecule has 7 heteroatoms. The highest BCUT2D eigenvalue weighted by molar-refractivity contribution is 7.92. The summed E-state index contributed by atoms with van der Waals surface area (Å²) in [6.07, 6.45) is 1.52. The lowest BCUT2D eigenvalue weighted by molar-refractivity contribution is 0.600. The Morgan fingerprint density at radius 3 is 2.52 bits per heavy atom. The number of nitrogens with one attached hydrogen (secondary N) is 1. The van der Waals surface area contributed by atoms with Gasteiger partial charge in [0.1, 0.15) is 0 Å². The second-order valence-corrected chi connectivity index (χ2v) is 6.89. The van der Waals surface area contributed by atoms with Crippen LogP contribution in [0.25, 0.3) is 0 Å². The summed E-state index contributed by atoms with van der Waals surface area (Å²) in [5.74, 6) is 0. The molecular weight excluding hydrogens is 310 g/mol. The molecule has 112 valence electrons. The van der Waals surface area contributed by atoms with E-state index >= 15 is 0 Å². The summed E-state index contributed by atoms with van der Waals surface area (Å²) in [5, 5.41) is 0.108. The molecule has 2 rings (SSSR count). The van der Waals surface area contributed by atoms with Crippen LogP contribution in [0.1, 0.15) is 16.7 Å². The van der Waals surface area contributed by atoms with Gasteiger partial charge in [-0.05, 0) is 55.7 Å². The Morgan fingerprint density at radius 1 is 1.24 bits per heavy atom. The van der Waals surface area contributed by atoms with Crippen molar-refractivity contribution < 1.29 is 8.42 Å². The van der Waals surface area contributed by atoms with Gasteiger partial charge in [0, 0.05) is 11.9 Å². The van der Waals surface area contributed by atoms with Crippen molar-refractivity contribution in [3.05, 3.63) is 46.2 Å². The summed E-state index contributed by atoms with van der Waals surface area (Å²) in [7, 11) is -3.79. The van der Waals surface area contributed by atoms with Gasteiger partial charge < -0.3 is 5.73 Å². The van der Waals surface area contributed by atoms with Crippen molar-refractivity contribution in [2.75, 3.05) is 10.5 Å². The van der Waals surface area contributed by atoms with Crippen LogP contribution in [0, 0.1) is 20.8 Å². The van der Waals surface area contributed by atoms with E-state index in [4.69, 9.17) is 17.3 Å². The van der Waals surface area contributed by atoms with E-state index < -0.39 is 10.0 Å². The molecule has 0 aliphatic rings. The molecule has 1 aromatic heterocycles. The molecule has 0 aliphatic carbocycles. The first-order chi connectivity index (χ1) is 9.72. The molecule has 0 saturated heterocycles. The molecule has 5 nitrogen and oxygen atoms in total. The molecule has 2 aromatic rings. The van der Waals surface area contributed by atoms with Gasteiger partial charge in [-0.1, -0.05) is 11.6 Å². The Labute approximate surface area is 129 Å². The zero-order chi connectivity index (χ0) is 15.8. The summed E-state index contributed by atoms with van der Waals surface area (Å²) in [6.45, 7) is 5.21. The summed E-state index contributed by atoms with van der Waals surface area (Å²) in [5.41, 5.74) is 8.52. The van der Waals surface area contributed by atoms with E-state index in [2.05, 4.69) is 9.71 Å². The van der Waals surface area contributed by atoms with Gasteiger partial charge in [-0.2, -0.15) is 0 Å². The highest BCUT2D eigenvalue weighted by atomic mass is 35.5. The van der Waals surface area contributed by atoms with Crippen LogP contribution in [0.15, 0.2) is 29.3 Å². The average molecular weight is 326 g/mol. The summed E-state index contributed by atoms with van der Waals surface area (Å²) >= 11 is 5.96. The largest absolute Gasteiger partial charge is 0.398 e. The minimum absolute atomic E-state index is 0.108. The number of nitrogens with zero attached hydrogens (tertiary/aromatic N) is 1. The Hall–Kier alpha value is -1.79. The van der Waals surface area contributed by atoms with Crippen LogP contribution in [0.5, 0.6) is 0 Å². The fourth-order valence-corrected chi connectivity index (χ4v) is 3.78. The van der Waals surface area contributed by atoms with Crippen molar-refractivity contribution in [3.63, 3.8) is 0 Å². The standard InChI is InChI=1S/C14H16ClN3O2S/c1-8-6-11(16)10(3)12(7-8)21(19,20)18-13-9(2)4-5-17-14(13)15/h4-7,18H,16H2,1-3H3. The molecule has 0 spiro atoms. The topological polar surface area (TPSA) is 85.1 Å². The Bertz CT molecular complexity index is 784. The van der Waals surface area contributed by atoms with Gasteiger partial charge in [-0.15, -0.1) is 0 Å². The lowest BCUT2D eigenvalue weighted by Gasteiger charge is -2.14. The van der Waals surface area contributed by atoms with E-state index in [1.54, 1.807) is 39.0 Å². The van der Waals surface area contributed by atoms with Crippen molar-refractivity contribution in [2.24, 2.45) is 0 Å². The average Bonchev–Trinajstić information content (AvgIpc) is 2.38. The van der Waals surface area contributed by atoms with E-state index in [1.807, 2.05) is 0 Å². The van der Waals surface area contributed by atoms with E-state index in [-0.39, 0.29) is 15.7 Å². The van der Waals surface area contributed by atoms with Crippen LogP contribution in [0.4, 0.5) is 11.4 Å². The van der Waals surface area contributed by atoms with Crippen molar-refractivity contribution in [3.8, 4) is 0 Å². The SMILES string of the molecule is Cc1cc(N)c(C)c(S(=O)(=O)Nc2c(C)ccnc2Cl)c1. The third-order valence-corrected chi connectivity index (χ3v) is 4.95. The zero-order valence-corrected chi connectivity index (χ0v) is 13.5. The summed E-state index contributed by atoms with van der Waals surface area (Å²) in [4.78, 5) is 4.03. The maximum absolute atomic E-state index is 12.6. The zero-order valence-electron chi connectivity index (χ0n) is 11.9. The molecule has 0 radical (unpaired) electrons. The highest BCUT2D eigenvalue weighted by Gasteiger charge is 2.21. The van der Waals surface area contributed by atoms with E-state index in [9.17, 15) is 8.42 Å². The maximum atomic E-state index is 12.6. The van der Waals surface area contributed by atoms with Gasteiger partial charge in [-0.3, -0.25) is 4.72 Å². The lowest BCUT2D eigenvalue weighted by atomic mass is 10.1. The molecule has 0 saturated carbocycles. The van der Waals surface area contributed by atoms with Crippen molar-refractivity contribution in [1.29, 1.82) is 0 Å². The van der Waals surface area contributed by atoms with Crippen molar-refractivity contribution in [2.45, 2.75) is 25.7 Å². The number of halogens is 1. The number of nitrogen functional groups attached to an aromatic ring is 1. The maximum Gasteiger partial charge on any atom is 0.262 e. The number of aryl methyl sites for hydroxylation is 2. The van der Waals surface area contributed by atoms with E-state index in [0.717, 1.165) is 5.56 Å². The molecule has 0 amide bonds. The number of hydrogen-bond donors (Lipinski definition) is 2. The summed E-state index contributed by atoms with van der Waals surface area (Å²) in [6, 6.07) is 4.99. The second-order valence-electron chi connectivity index (χ2n) is 4.88. The molecule has 21 heavy (non-hydrogen) atoms. The fourth-order valence-electron chi connectivity index (χ4n) is 1.97. The van der Waals surface area contributed by atoms with E-state index in [1.165, 1.54) is 6.20 Å². The van der Waals surface area contributed by atoms with Gasteiger partial charge in [0.2, 0.25) is 0 Å². The van der Waals surface area contributed by atoms with Gasteiger partial charge in [-0.25, -0.2) is 13.4 Å². The van der Waals surface area contributed by atoms with Crippen molar-refractivity contribution in [1.82, 2.24) is 4.98 Å². The monoisotopic (exact) mass is 325 g/mol. The number of aromatic nitrogens is 1. The predicted octanol–water partition coefficient (Wildman–Crippen LogP) is 3.04. The van der Waals surface area contributed by atoms with Gasteiger partial charge >= 0.3 is 0 Å². The van der Waals surface area contributed by atoms with Gasteiger partial charge in [0.15, 0.2) is 5.15 Å².